The zero-order valence-corrected chi connectivity index (χ0v) is 16.3. The van der Waals surface area contributed by atoms with E-state index in [9.17, 15) is 4.79 Å². The van der Waals surface area contributed by atoms with Crippen LogP contribution in [0, 0.1) is 6.92 Å². The zero-order valence-electron chi connectivity index (χ0n) is 16.3. The van der Waals surface area contributed by atoms with Crippen LogP contribution in [0.5, 0.6) is 0 Å². The molecule has 0 spiro atoms. The lowest BCUT2D eigenvalue weighted by atomic mass is 9.79. The number of morpholine rings is 1. The molecule has 1 saturated heterocycles. The van der Waals surface area contributed by atoms with Crippen LogP contribution in [0.25, 0.3) is 11.0 Å². The van der Waals surface area contributed by atoms with E-state index in [2.05, 4.69) is 16.3 Å². The maximum atomic E-state index is 12.7. The van der Waals surface area contributed by atoms with Crippen molar-refractivity contribution in [3.8, 4) is 0 Å². The topological polar surface area (TPSA) is 54.7 Å². The fourth-order valence-electron chi connectivity index (χ4n) is 4.68. The standard InChI is InChI=1S/C22H30N2O3/c1-17-5-6-19-18(15-27-20(19)13-17)14-21(25)23-16-22(7-3-2-4-8-22)24-9-11-26-12-10-24/h5-6,13,15H,2-4,7-12,14,16H2,1H3,(H,23,25). The highest BCUT2D eigenvalue weighted by molar-refractivity contribution is 5.87. The van der Waals surface area contributed by atoms with Crippen molar-refractivity contribution in [3.63, 3.8) is 0 Å². The lowest BCUT2D eigenvalue weighted by molar-refractivity contribution is -0.121. The molecule has 5 heteroatoms. The molecule has 4 rings (SSSR count). The molecule has 1 amide bonds. The van der Waals surface area contributed by atoms with Crippen LogP contribution in [0.4, 0.5) is 0 Å². The number of aryl methyl sites for hydroxylation is 1. The normalized spacial score (nSPS) is 20.6. The second-order valence-electron chi connectivity index (χ2n) is 8.10. The van der Waals surface area contributed by atoms with Crippen LogP contribution in [0.2, 0.25) is 0 Å². The summed E-state index contributed by atoms with van der Waals surface area (Å²) in [5.74, 6) is 0.0801. The van der Waals surface area contributed by atoms with Gasteiger partial charge < -0.3 is 14.5 Å². The van der Waals surface area contributed by atoms with E-state index in [0.29, 0.717) is 6.42 Å². The van der Waals surface area contributed by atoms with Crippen LogP contribution < -0.4 is 5.32 Å². The monoisotopic (exact) mass is 370 g/mol. The predicted molar refractivity (Wildman–Crippen MR) is 106 cm³/mol. The second kappa shape index (κ2) is 8.03. The van der Waals surface area contributed by atoms with Crippen molar-refractivity contribution in [2.45, 2.75) is 51.0 Å². The molecular weight excluding hydrogens is 340 g/mol. The first-order valence-electron chi connectivity index (χ1n) is 10.2. The number of nitrogens with one attached hydrogen (secondary N) is 1. The van der Waals surface area contributed by atoms with Crippen molar-refractivity contribution in [3.05, 3.63) is 35.6 Å². The van der Waals surface area contributed by atoms with Crippen molar-refractivity contribution < 1.29 is 13.9 Å². The SMILES string of the molecule is Cc1ccc2c(CC(=O)NCC3(N4CCOCC4)CCCCC3)coc2c1. The Bertz CT molecular complexity index is 786. The Morgan fingerprint density at radius 1 is 1.19 bits per heavy atom. The number of rotatable bonds is 5. The van der Waals surface area contributed by atoms with Gasteiger partial charge in [0, 0.05) is 36.1 Å². The van der Waals surface area contributed by atoms with Crippen molar-refractivity contribution in [2.75, 3.05) is 32.8 Å². The molecule has 0 atom stereocenters. The molecule has 2 aromatic rings. The largest absolute Gasteiger partial charge is 0.464 e. The molecule has 1 aliphatic heterocycles. The fraction of sp³-hybridized carbons (Fsp3) is 0.591. The van der Waals surface area contributed by atoms with Crippen molar-refractivity contribution in [1.29, 1.82) is 0 Å². The molecule has 27 heavy (non-hydrogen) atoms. The van der Waals surface area contributed by atoms with Crippen molar-refractivity contribution in [2.24, 2.45) is 0 Å². The van der Waals surface area contributed by atoms with Gasteiger partial charge in [-0.1, -0.05) is 31.4 Å². The molecule has 1 N–H and O–H groups in total. The van der Waals surface area contributed by atoms with Crippen LogP contribution in [-0.4, -0.2) is 49.2 Å². The molecule has 0 bridgehead atoms. The summed E-state index contributed by atoms with van der Waals surface area (Å²) in [6.45, 7) is 6.33. The summed E-state index contributed by atoms with van der Waals surface area (Å²) in [7, 11) is 0. The van der Waals surface area contributed by atoms with E-state index in [1.54, 1.807) is 6.26 Å². The summed E-state index contributed by atoms with van der Waals surface area (Å²) in [5.41, 5.74) is 3.09. The number of fused-ring (bicyclic) bond motifs is 1. The average Bonchev–Trinajstić information content (AvgIpc) is 3.09. The highest BCUT2D eigenvalue weighted by Gasteiger charge is 2.38. The van der Waals surface area contributed by atoms with Gasteiger partial charge in [0.2, 0.25) is 5.91 Å². The third-order valence-corrected chi connectivity index (χ3v) is 6.24. The van der Waals surface area contributed by atoms with Gasteiger partial charge in [-0.25, -0.2) is 0 Å². The Balaban J connectivity index is 1.41. The van der Waals surface area contributed by atoms with Gasteiger partial charge in [0.1, 0.15) is 5.58 Å². The Kier molecular flexibility index (Phi) is 5.50. The van der Waals surface area contributed by atoms with E-state index in [-0.39, 0.29) is 11.4 Å². The highest BCUT2D eigenvalue weighted by Crippen LogP contribution is 2.34. The number of hydrogen-bond acceptors (Lipinski definition) is 4. The zero-order chi connectivity index (χ0) is 18.7. The molecular formula is C22H30N2O3. The van der Waals surface area contributed by atoms with Crippen molar-refractivity contribution >= 4 is 16.9 Å². The van der Waals surface area contributed by atoms with E-state index in [1.165, 1.54) is 32.1 Å². The summed E-state index contributed by atoms with van der Waals surface area (Å²) >= 11 is 0. The summed E-state index contributed by atoms with van der Waals surface area (Å²) in [6, 6.07) is 6.13. The van der Waals surface area contributed by atoms with E-state index >= 15 is 0 Å². The average molecular weight is 370 g/mol. The summed E-state index contributed by atoms with van der Waals surface area (Å²) in [6.07, 6.45) is 8.23. The Labute approximate surface area is 161 Å². The molecule has 1 aromatic carbocycles. The summed E-state index contributed by atoms with van der Waals surface area (Å²) < 4.78 is 11.2. The third-order valence-electron chi connectivity index (χ3n) is 6.24. The maximum Gasteiger partial charge on any atom is 0.224 e. The van der Waals surface area contributed by atoms with Crippen LogP contribution in [0.15, 0.2) is 28.9 Å². The summed E-state index contributed by atoms with van der Waals surface area (Å²) in [5, 5.41) is 4.28. The number of ether oxygens (including phenoxy) is 1. The summed E-state index contributed by atoms with van der Waals surface area (Å²) in [4.78, 5) is 15.3. The molecule has 146 valence electrons. The third kappa shape index (κ3) is 4.04. The molecule has 1 aliphatic carbocycles. The molecule has 1 aromatic heterocycles. The first-order valence-corrected chi connectivity index (χ1v) is 10.2. The van der Waals surface area contributed by atoms with Crippen LogP contribution >= 0.6 is 0 Å². The quantitative estimate of drug-likeness (QED) is 0.876. The molecule has 2 heterocycles. The van der Waals surface area contributed by atoms with Crippen molar-refractivity contribution in [1.82, 2.24) is 10.2 Å². The van der Waals surface area contributed by atoms with Gasteiger partial charge in [0.15, 0.2) is 0 Å². The van der Waals surface area contributed by atoms with E-state index in [0.717, 1.165) is 54.9 Å². The minimum Gasteiger partial charge on any atom is -0.464 e. The molecule has 2 fully saturated rings. The Morgan fingerprint density at radius 3 is 2.74 bits per heavy atom. The highest BCUT2D eigenvalue weighted by atomic mass is 16.5. The first-order chi connectivity index (χ1) is 13.2. The van der Waals surface area contributed by atoms with Gasteiger partial charge in [0.05, 0.1) is 25.9 Å². The fourth-order valence-corrected chi connectivity index (χ4v) is 4.68. The number of benzene rings is 1. The minimum absolute atomic E-state index is 0.0801. The van der Waals surface area contributed by atoms with Crippen LogP contribution in [0.3, 0.4) is 0 Å². The molecule has 2 aliphatic rings. The minimum atomic E-state index is 0.0801. The van der Waals surface area contributed by atoms with E-state index in [1.807, 2.05) is 19.1 Å². The second-order valence-corrected chi connectivity index (χ2v) is 8.10. The molecule has 0 unspecified atom stereocenters. The Morgan fingerprint density at radius 2 is 1.96 bits per heavy atom. The number of furan rings is 1. The number of amides is 1. The number of carbonyl (C=O) groups is 1. The lowest BCUT2D eigenvalue weighted by Gasteiger charge is -2.48. The van der Waals surface area contributed by atoms with Gasteiger partial charge in [-0.15, -0.1) is 0 Å². The Hall–Kier alpha value is -1.85. The molecule has 5 nitrogen and oxygen atoms in total. The van der Waals surface area contributed by atoms with E-state index in [4.69, 9.17) is 9.15 Å². The molecule has 1 saturated carbocycles. The number of nitrogens with zero attached hydrogens (tertiary/aromatic N) is 1. The predicted octanol–water partition coefficient (Wildman–Crippen LogP) is 3.44. The van der Waals surface area contributed by atoms with Gasteiger partial charge >= 0.3 is 0 Å². The van der Waals surface area contributed by atoms with Gasteiger partial charge in [-0.05, 0) is 31.4 Å². The van der Waals surface area contributed by atoms with Gasteiger partial charge in [-0.2, -0.15) is 0 Å². The number of carbonyl (C=O) groups excluding carboxylic acids is 1. The van der Waals surface area contributed by atoms with Gasteiger partial charge in [-0.3, -0.25) is 9.69 Å². The smallest absolute Gasteiger partial charge is 0.224 e. The van der Waals surface area contributed by atoms with Crippen LogP contribution in [-0.2, 0) is 16.0 Å². The van der Waals surface area contributed by atoms with Gasteiger partial charge in [0.25, 0.3) is 0 Å². The number of hydrogen-bond donors (Lipinski definition) is 1. The molecule has 0 radical (unpaired) electrons. The van der Waals surface area contributed by atoms with Crippen LogP contribution in [0.1, 0.15) is 43.2 Å². The maximum absolute atomic E-state index is 12.7. The lowest BCUT2D eigenvalue weighted by Crippen LogP contribution is -2.59. The van der Waals surface area contributed by atoms with E-state index < -0.39 is 0 Å². The first kappa shape index (κ1) is 18.5.